The number of hydrogen-bond acceptors (Lipinski definition) is 4. The van der Waals surface area contributed by atoms with Crippen LogP contribution < -0.4 is 10.6 Å². The van der Waals surface area contributed by atoms with Crippen molar-refractivity contribution in [1.29, 1.82) is 0 Å². The molecule has 1 fully saturated rings. The highest BCUT2D eigenvalue weighted by Crippen LogP contribution is 2.18. The number of carbonyl (C=O) groups excluding carboxylic acids is 4. The van der Waals surface area contributed by atoms with E-state index < -0.39 is 23.8 Å². The molecule has 0 aliphatic carbocycles. The van der Waals surface area contributed by atoms with Crippen LogP contribution in [0.2, 0.25) is 0 Å². The number of rotatable bonds is 4. The predicted molar refractivity (Wildman–Crippen MR) is 62.3 cm³/mol. The van der Waals surface area contributed by atoms with Crippen LogP contribution in [0.3, 0.4) is 0 Å². The van der Waals surface area contributed by atoms with Crippen molar-refractivity contribution in [3.8, 4) is 0 Å². The summed E-state index contributed by atoms with van der Waals surface area (Å²) >= 11 is 0. The maximum atomic E-state index is 12.0. The number of nitrogens with one attached hydrogen (secondary N) is 2. The van der Waals surface area contributed by atoms with Gasteiger partial charge in [0, 0.05) is 20.0 Å². The Morgan fingerprint density at radius 2 is 2.00 bits per heavy atom. The summed E-state index contributed by atoms with van der Waals surface area (Å²) in [5.74, 6) is -2.45. The van der Waals surface area contributed by atoms with E-state index in [1.54, 1.807) is 13.8 Å². The van der Waals surface area contributed by atoms with Crippen LogP contribution in [0.5, 0.6) is 0 Å². The molecule has 0 bridgehead atoms. The van der Waals surface area contributed by atoms with Crippen LogP contribution in [0.1, 0.15) is 20.3 Å². The van der Waals surface area contributed by atoms with E-state index in [0.717, 1.165) is 4.90 Å². The van der Waals surface area contributed by atoms with Gasteiger partial charge in [-0.2, -0.15) is 0 Å². The van der Waals surface area contributed by atoms with Crippen LogP contribution in [0.15, 0.2) is 0 Å². The average Bonchev–Trinajstić information content (AvgIpc) is 2.27. The maximum Gasteiger partial charge on any atom is 0.330 e. The summed E-state index contributed by atoms with van der Waals surface area (Å²) < 4.78 is 0. The summed E-state index contributed by atoms with van der Waals surface area (Å²) in [7, 11) is 1.47. The van der Waals surface area contributed by atoms with Crippen molar-refractivity contribution in [2.45, 2.75) is 20.3 Å². The minimum Gasteiger partial charge on any atom is -0.359 e. The molecule has 7 heteroatoms. The predicted octanol–water partition coefficient (Wildman–Crippen LogP) is -0.527. The van der Waals surface area contributed by atoms with Gasteiger partial charge in [-0.15, -0.1) is 0 Å². The summed E-state index contributed by atoms with van der Waals surface area (Å²) in [5, 5.41) is 4.53. The van der Waals surface area contributed by atoms with Crippen LogP contribution in [-0.4, -0.2) is 42.2 Å². The summed E-state index contributed by atoms with van der Waals surface area (Å²) in [6.07, 6.45) is 0.0225. The first-order valence-electron chi connectivity index (χ1n) is 5.75. The summed E-state index contributed by atoms with van der Waals surface area (Å²) in [5.41, 5.74) is 0. The molecule has 100 valence electrons. The lowest BCUT2D eigenvalue weighted by molar-refractivity contribution is -0.144. The molecule has 1 atom stereocenters. The van der Waals surface area contributed by atoms with Crippen molar-refractivity contribution in [3.05, 3.63) is 0 Å². The molecule has 1 unspecified atom stereocenters. The second-order valence-corrected chi connectivity index (χ2v) is 4.43. The van der Waals surface area contributed by atoms with Gasteiger partial charge < -0.3 is 5.32 Å². The topological polar surface area (TPSA) is 95.6 Å². The molecule has 1 saturated heterocycles. The first-order valence-corrected chi connectivity index (χ1v) is 5.75. The Labute approximate surface area is 105 Å². The standard InChI is InChI=1S/C11H17N3O4/c1-6(2)8-9(16)13-11(18)14(10(8)17)5-4-7(15)12-3/h6,8H,4-5H2,1-3H3,(H,12,15)(H,13,16,18). The van der Waals surface area contributed by atoms with E-state index in [-0.39, 0.29) is 24.8 Å². The fourth-order valence-electron chi connectivity index (χ4n) is 1.77. The number of barbiturate groups is 1. The van der Waals surface area contributed by atoms with E-state index in [4.69, 9.17) is 0 Å². The number of carbonyl (C=O) groups is 4. The molecular weight excluding hydrogens is 238 g/mol. The first kappa shape index (κ1) is 14.1. The second kappa shape index (κ2) is 5.61. The quantitative estimate of drug-likeness (QED) is 0.660. The third-order valence-electron chi connectivity index (χ3n) is 2.80. The van der Waals surface area contributed by atoms with E-state index in [2.05, 4.69) is 10.6 Å². The Morgan fingerprint density at radius 1 is 1.39 bits per heavy atom. The van der Waals surface area contributed by atoms with Gasteiger partial charge >= 0.3 is 6.03 Å². The van der Waals surface area contributed by atoms with Gasteiger partial charge in [0.15, 0.2) is 0 Å². The molecule has 0 aromatic rings. The van der Waals surface area contributed by atoms with Crippen LogP contribution in [0.25, 0.3) is 0 Å². The van der Waals surface area contributed by atoms with E-state index in [0.29, 0.717) is 0 Å². The van der Waals surface area contributed by atoms with Gasteiger partial charge in [-0.05, 0) is 5.92 Å². The van der Waals surface area contributed by atoms with Gasteiger partial charge in [-0.25, -0.2) is 4.79 Å². The molecule has 18 heavy (non-hydrogen) atoms. The Hall–Kier alpha value is -1.92. The Kier molecular flexibility index (Phi) is 4.41. The first-order chi connectivity index (χ1) is 8.38. The van der Waals surface area contributed by atoms with E-state index in [1.165, 1.54) is 7.05 Å². The molecule has 2 N–H and O–H groups in total. The second-order valence-electron chi connectivity index (χ2n) is 4.43. The SMILES string of the molecule is CNC(=O)CCN1C(=O)NC(=O)C(C(C)C)C1=O. The van der Waals surface area contributed by atoms with E-state index in [9.17, 15) is 19.2 Å². The van der Waals surface area contributed by atoms with Crippen molar-refractivity contribution < 1.29 is 19.2 Å². The molecule has 1 aliphatic heterocycles. The lowest BCUT2D eigenvalue weighted by Gasteiger charge is -2.31. The third kappa shape index (κ3) is 2.85. The average molecular weight is 255 g/mol. The fourth-order valence-corrected chi connectivity index (χ4v) is 1.77. The normalized spacial score (nSPS) is 20.1. The van der Waals surface area contributed by atoms with Crippen LogP contribution in [0, 0.1) is 11.8 Å². The minimum atomic E-state index is -0.868. The number of nitrogens with zero attached hydrogens (tertiary/aromatic N) is 1. The third-order valence-corrected chi connectivity index (χ3v) is 2.80. The maximum absolute atomic E-state index is 12.0. The molecule has 1 heterocycles. The van der Waals surface area contributed by atoms with Crippen molar-refractivity contribution in [2.75, 3.05) is 13.6 Å². The zero-order chi connectivity index (χ0) is 13.9. The largest absolute Gasteiger partial charge is 0.359 e. The molecule has 5 amide bonds. The van der Waals surface area contributed by atoms with Gasteiger partial charge in [0.05, 0.1) is 0 Å². The summed E-state index contributed by atoms with van der Waals surface area (Å²) in [4.78, 5) is 47.1. The fraction of sp³-hybridized carbons (Fsp3) is 0.636. The van der Waals surface area contributed by atoms with Gasteiger partial charge in [0.25, 0.3) is 0 Å². The van der Waals surface area contributed by atoms with Crippen molar-refractivity contribution >= 4 is 23.8 Å². The number of hydrogen-bond donors (Lipinski definition) is 2. The molecule has 1 aliphatic rings. The molecule has 1 rings (SSSR count). The molecule has 0 saturated carbocycles. The van der Waals surface area contributed by atoms with Crippen LogP contribution in [0.4, 0.5) is 4.79 Å². The number of amides is 5. The lowest BCUT2D eigenvalue weighted by atomic mass is 9.92. The van der Waals surface area contributed by atoms with E-state index in [1.807, 2.05) is 0 Å². The zero-order valence-electron chi connectivity index (χ0n) is 10.6. The highest BCUT2D eigenvalue weighted by molar-refractivity contribution is 6.16. The van der Waals surface area contributed by atoms with Gasteiger partial charge in [0.1, 0.15) is 5.92 Å². The van der Waals surface area contributed by atoms with Crippen molar-refractivity contribution in [3.63, 3.8) is 0 Å². The van der Waals surface area contributed by atoms with Gasteiger partial charge in [-0.3, -0.25) is 24.6 Å². The molecule has 0 spiro atoms. The summed E-state index contributed by atoms with van der Waals surface area (Å²) in [6.45, 7) is 3.44. The Morgan fingerprint density at radius 3 is 2.50 bits per heavy atom. The lowest BCUT2D eigenvalue weighted by Crippen LogP contribution is -2.59. The van der Waals surface area contributed by atoms with Crippen LogP contribution >= 0.6 is 0 Å². The number of urea groups is 1. The molecule has 0 radical (unpaired) electrons. The highest BCUT2D eigenvalue weighted by atomic mass is 16.2. The number of imide groups is 2. The minimum absolute atomic E-state index is 0.0225. The monoisotopic (exact) mass is 255 g/mol. The Bertz CT molecular complexity index is 392. The molecular formula is C11H17N3O4. The zero-order valence-corrected chi connectivity index (χ0v) is 10.6. The van der Waals surface area contributed by atoms with Gasteiger partial charge in [-0.1, -0.05) is 13.8 Å². The van der Waals surface area contributed by atoms with Crippen molar-refractivity contribution in [2.24, 2.45) is 11.8 Å². The summed E-state index contributed by atoms with van der Waals surface area (Å²) in [6, 6.07) is -0.759. The molecule has 7 nitrogen and oxygen atoms in total. The van der Waals surface area contributed by atoms with Crippen molar-refractivity contribution in [1.82, 2.24) is 15.5 Å². The molecule has 0 aromatic heterocycles. The highest BCUT2D eigenvalue weighted by Gasteiger charge is 2.41. The molecule has 0 aromatic carbocycles. The van der Waals surface area contributed by atoms with Crippen LogP contribution in [-0.2, 0) is 14.4 Å². The van der Waals surface area contributed by atoms with E-state index >= 15 is 0 Å². The smallest absolute Gasteiger partial charge is 0.330 e. The van der Waals surface area contributed by atoms with Gasteiger partial charge in [0.2, 0.25) is 17.7 Å². The Balaban J connectivity index is 2.77.